The highest BCUT2D eigenvalue weighted by atomic mass is 35.5. The average molecular weight is 350 g/mol. The van der Waals surface area contributed by atoms with Crippen LogP contribution in [0.25, 0.3) is 0 Å². The Kier molecular flexibility index (Phi) is 6.22. The summed E-state index contributed by atoms with van der Waals surface area (Å²) in [6.45, 7) is 0.125. The highest BCUT2D eigenvalue weighted by Gasteiger charge is 2.22. The number of carbonyl (C=O) groups is 1. The summed E-state index contributed by atoms with van der Waals surface area (Å²) in [6.07, 6.45) is 1.95. The molecule has 0 aliphatic heterocycles. The Morgan fingerprint density at radius 1 is 1.42 bits per heavy atom. The zero-order chi connectivity index (χ0) is 17.5. The predicted octanol–water partition coefficient (Wildman–Crippen LogP) is 2.52. The fraction of sp³-hybridized carbons (Fsp3) is 0.250. The summed E-state index contributed by atoms with van der Waals surface area (Å²) >= 11 is 5.80. The highest BCUT2D eigenvalue weighted by Crippen LogP contribution is 2.23. The maximum atomic E-state index is 11.9. The molecular formula is C16H16ClN3O4. The molecule has 0 radical (unpaired) electrons. The summed E-state index contributed by atoms with van der Waals surface area (Å²) in [5.41, 5.74) is 1.04. The smallest absolute Gasteiger partial charge is 0.323 e. The van der Waals surface area contributed by atoms with Gasteiger partial charge in [0.2, 0.25) is 0 Å². The van der Waals surface area contributed by atoms with Crippen molar-refractivity contribution in [2.24, 2.45) is 0 Å². The molecule has 126 valence electrons. The Hall–Kier alpha value is -2.51. The molecule has 0 aliphatic rings. The van der Waals surface area contributed by atoms with E-state index in [9.17, 15) is 14.9 Å². The summed E-state index contributed by atoms with van der Waals surface area (Å²) in [4.78, 5) is 26.7. The lowest BCUT2D eigenvalue weighted by Crippen LogP contribution is -2.39. The number of rotatable bonds is 7. The summed E-state index contributed by atoms with van der Waals surface area (Å²) in [5, 5.41) is 14.4. The van der Waals surface area contributed by atoms with E-state index in [1.807, 2.05) is 6.07 Å². The van der Waals surface area contributed by atoms with E-state index in [1.165, 1.54) is 13.2 Å². The molecule has 1 aromatic heterocycles. The van der Waals surface area contributed by atoms with Gasteiger partial charge in [0.15, 0.2) is 0 Å². The van der Waals surface area contributed by atoms with Crippen molar-refractivity contribution in [3.05, 3.63) is 69.0 Å². The summed E-state index contributed by atoms with van der Waals surface area (Å²) in [6, 6.07) is 9.13. The zero-order valence-corrected chi connectivity index (χ0v) is 13.7. The van der Waals surface area contributed by atoms with Crippen LogP contribution in [0.3, 0.4) is 0 Å². The van der Waals surface area contributed by atoms with E-state index in [2.05, 4.69) is 10.3 Å². The third-order valence-corrected chi connectivity index (χ3v) is 3.64. The molecule has 0 unspecified atom stereocenters. The first-order chi connectivity index (χ1) is 11.5. The SMILES string of the molecule is COC(=O)[C@@H](Cc1ccccn1)NCc1ccc(Cl)cc1[N+](=O)[O-]. The molecule has 8 heteroatoms. The van der Waals surface area contributed by atoms with Gasteiger partial charge in [-0.15, -0.1) is 0 Å². The van der Waals surface area contributed by atoms with E-state index >= 15 is 0 Å². The predicted molar refractivity (Wildman–Crippen MR) is 88.7 cm³/mol. The quantitative estimate of drug-likeness (QED) is 0.469. The first-order valence-corrected chi connectivity index (χ1v) is 7.53. The molecule has 0 fully saturated rings. The number of nitrogens with one attached hydrogen (secondary N) is 1. The highest BCUT2D eigenvalue weighted by molar-refractivity contribution is 6.30. The molecule has 1 aromatic carbocycles. The number of esters is 1. The van der Waals surface area contributed by atoms with Gasteiger partial charge in [-0.25, -0.2) is 0 Å². The van der Waals surface area contributed by atoms with Gasteiger partial charge in [0.05, 0.1) is 12.0 Å². The Morgan fingerprint density at radius 3 is 2.83 bits per heavy atom. The maximum absolute atomic E-state index is 11.9. The van der Waals surface area contributed by atoms with E-state index in [0.717, 1.165) is 0 Å². The molecule has 2 aromatic rings. The van der Waals surface area contributed by atoms with Crippen molar-refractivity contribution in [2.75, 3.05) is 7.11 Å². The van der Waals surface area contributed by atoms with Gasteiger partial charge in [-0.05, 0) is 24.3 Å². The molecular weight excluding hydrogens is 334 g/mol. The van der Waals surface area contributed by atoms with Crippen LogP contribution in [0.15, 0.2) is 42.6 Å². The van der Waals surface area contributed by atoms with Crippen LogP contribution in [0.2, 0.25) is 5.02 Å². The molecule has 0 spiro atoms. The van der Waals surface area contributed by atoms with Crippen molar-refractivity contribution in [3.63, 3.8) is 0 Å². The average Bonchev–Trinajstić information content (AvgIpc) is 2.59. The second-order valence-corrected chi connectivity index (χ2v) is 5.45. The lowest BCUT2D eigenvalue weighted by atomic mass is 10.1. The Labute approximate surface area is 143 Å². The number of aromatic nitrogens is 1. The van der Waals surface area contributed by atoms with Gasteiger partial charge in [-0.2, -0.15) is 0 Å². The first kappa shape index (κ1) is 17.8. The van der Waals surface area contributed by atoms with Crippen LogP contribution in [0.5, 0.6) is 0 Å². The van der Waals surface area contributed by atoms with Crippen LogP contribution >= 0.6 is 11.6 Å². The molecule has 0 amide bonds. The number of ether oxygens (including phenoxy) is 1. The summed E-state index contributed by atoms with van der Waals surface area (Å²) in [5.74, 6) is -0.461. The molecule has 24 heavy (non-hydrogen) atoms. The van der Waals surface area contributed by atoms with E-state index in [0.29, 0.717) is 17.7 Å². The third kappa shape index (κ3) is 4.74. The number of carbonyl (C=O) groups excluding carboxylic acids is 1. The van der Waals surface area contributed by atoms with Crippen molar-refractivity contribution < 1.29 is 14.5 Å². The largest absolute Gasteiger partial charge is 0.468 e. The van der Waals surface area contributed by atoms with Crippen molar-refractivity contribution in [1.82, 2.24) is 10.3 Å². The number of pyridine rings is 1. The second-order valence-electron chi connectivity index (χ2n) is 5.01. The number of nitro groups is 1. The van der Waals surface area contributed by atoms with Gasteiger partial charge >= 0.3 is 5.97 Å². The monoisotopic (exact) mass is 349 g/mol. The van der Waals surface area contributed by atoms with E-state index in [1.54, 1.807) is 30.5 Å². The minimum Gasteiger partial charge on any atom is -0.468 e. The van der Waals surface area contributed by atoms with Crippen molar-refractivity contribution >= 4 is 23.3 Å². The molecule has 1 heterocycles. The van der Waals surface area contributed by atoms with Crippen molar-refractivity contribution in [1.29, 1.82) is 0 Å². The molecule has 7 nitrogen and oxygen atoms in total. The summed E-state index contributed by atoms with van der Waals surface area (Å²) in [7, 11) is 1.29. The number of nitrogens with zero attached hydrogens (tertiary/aromatic N) is 2. The lowest BCUT2D eigenvalue weighted by molar-refractivity contribution is -0.385. The minimum atomic E-state index is -0.666. The fourth-order valence-electron chi connectivity index (χ4n) is 2.20. The van der Waals surface area contributed by atoms with Gasteiger partial charge in [0.25, 0.3) is 5.69 Å². The van der Waals surface area contributed by atoms with Crippen LogP contribution in [0.1, 0.15) is 11.3 Å². The lowest BCUT2D eigenvalue weighted by Gasteiger charge is -2.16. The fourth-order valence-corrected chi connectivity index (χ4v) is 2.37. The van der Waals surface area contributed by atoms with Crippen LogP contribution in [-0.2, 0) is 22.5 Å². The van der Waals surface area contributed by atoms with Gasteiger partial charge in [0.1, 0.15) is 6.04 Å². The molecule has 2 rings (SSSR count). The van der Waals surface area contributed by atoms with Crippen molar-refractivity contribution in [2.45, 2.75) is 19.0 Å². The van der Waals surface area contributed by atoms with Crippen LogP contribution in [0, 0.1) is 10.1 Å². The standard InChI is InChI=1S/C16H16ClN3O4/c1-24-16(21)14(9-13-4-2-3-7-18-13)19-10-11-5-6-12(17)8-15(11)20(22)23/h2-8,14,19H,9-10H2,1H3/t14-/m1/s1. The topological polar surface area (TPSA) is 94.4 Å². The minimum absolute atomic E-state index is 0.101. The van der Waals surface area contributed by atoms with Gasteiger partial charge in [0, 0.05) is 41.5 Å². The normalized spacial score (nSPS) is 11.8. The Morgan fingerprint density at radius 2 is 2.21 bits per heavy atom. The van der Waals surface area contributed by atoms with Gasteiger partial charge < -0.3 is 4.74 Å². The van der Waals surface area contributed by atoms with Crippen LogP contribution < -0.4 is 5.32 Å². The van der Waals surface area contributed by atoms with E-state index < -0.39 is 16.9 Å². The number of halogens is 1. The Balaban J connectivity index is 2.13. The third-order valence-electron chi connectivity index (χ3n) is 3.41. The second kappa shape index (κ2) is 8.37. The number of nitro benzene ring substituents is 1. The van der Waals surface area contributed by atoms with E-state index in [4.69, 9.17) is 16.3 Å². The molecule has 0 aliphatic carbocycles. The number of methoxy groups -OCH3 is 1. The molecule has 1 N–H and O–H groups in total. The van der Waals surface area contributed by atoms with Gasteiger partial charge in [-0.3, -0.25) is 25.2 Å². The van der Waals surface area contributed by atoms with Crippen LogP contribution in [-0.4, -0.2) is 29.0 Å². The summed E-state index contributed by atoms with van der Waals surface area (Å²) < 4.78 is 4.79. The first-order valence-electron chi connectivity index (χ1n) is 7.15. The Bertz CT molecular complexity index is 725. The molecule has 1 atom stereocenters. The number of hydrogen-bond donors (Lipinski definition) is 1. The number of benzene rings is 1. The number of hydrogen-bond acceptors (Lipinski definition) is 6. The van der Waals surface area contributed by atoms with Gasteiger partial charge in [-0.1, -0.05) is 17.7 Å². The zero-order valence-electron chi connectivity index (χ0n) is 12.9. The molecule has 0 bridgehead atoms. The van der Waals surface area contributed by atoms with E-state index in [-0.39, 0.29) is 17.3 Å². The van der Waals surface area contributed by atoms with Crippen LogP contribution in [0.4, 0.5) is 5.69 Å². The molecule has 0 saturated heterocycles. The maximum Gasteiger partial charge on any atom is 0.323 e. The van der Waals surface area contributed by atoms with Crippen molar-refractivity contribution in [3.8, 4) is 0 Å². The molecule has 0 saturated carbocycles.